The average Bonchev–Trinajstić information content (AvgIpc) is 2.45. The molecule has 0 bridgehead atoms. The highest BCUT2D eigenvalue weighted by Gasteiger charge is 2.49. The SMILES string of the molecule is Cc1nnc(C2CCC2)n1C1(C(=O)O)CCC1. The summed E-state index contributed by atoms with van der Waals surface area (Å²) in [5.74, 6) is 1.34. The molecule has 0 radical (unpaired) electrons. The van der Waals surface area contributed by atoms with Gasteiger partial charge in [0.25, 0.3) is 0 Å². The van der Waals surface area contributed by atoms with Crippen LogP contribution in [-0.2, 0) is 10.3 Å². The summed E-state index contributed by atoms with van der Waals surface area (Å²) in [5.41, 5.74) is -0.751. The highest BCUT2D eigenvalue weighted by atomic mass is 16.4. The number of aryl methyl sites for hydroxylation is 1. The summed E-state index contributed by atoms with van der Waals surface area (Å²) < 4.78 is 1.91. The fourth-order valence-electron chi connectivity index (χ4n) is 2.88. The lowest BCUT2D eigenvalue weighted by Gasteiger charge is -2.41. The lowest BCUT2D eigenvalue weighted by Crippen LogP contribution is -2.49. The van der Waals surface area contributed by atoms with Crippen molar-refractivity contribution in [1.29, 1.82) is 0 Å². The number of carboxylic acids is 1. The van der Waals surface area contributed by atoms with E-state index >= 15 is 0 Å². The number of carboxylic acid groups (broad SMARTS) is 1. The van der Waals surface area contributed by atoms with Crippen LogP contribution in [0.15, 0.2) is 0 Å². The van der Waals surface area contributed by atoms with E-state index in [0.717, 1.165) is 30.9 Å². The molecule has 0 spiro atoms. The second-order valence-corrected chi connectivity index (χ2v) is 5.26. The van der Waals surface area contributed by atoms with E-state index in [0.29, 0.717) is 18.8 Å². The Labute approximate surface area is 99.9 Å². The van der Waals surface area contributed by atoms with Gasteiger partial charge in [-0.1, -0.05) is 6.42 Å². The molecule has 2 fully saturated rings. The molecule has 2 aliphatic rings. The highest BCUT2D eigenvalue weighted by Crippen LogP contribution is 2.44. The van der Waals surface area contributed by atoms with E-state index in [2.05, 4.69) is 10.2 Å². The minimum Gasteiger partial charge on any atom is -0.479 e. The summed E-state index contributed by atoms with van der Waals surface area (Å²) >= 11 is 0. The molecule has 1 heterocycles. The Morgan fingerprint density at radius 1 is 1.35 bits per heavy atom. The molecule has 0 amide bonds. The molecule has 0 aliphatic heterocycles. The number of aliphatic carboxylic acids is 1. The summed E-state index contributed by atoms with van der Waals surface area (Å²) in [6, 6.07) is 0. The van der Waals surface area contributed by atoms with Crippen LogP contribution in [0, 0.1) is 6.92 Å². The van der Waals surface area contributed by atoms with Gasteiger partial charge in [-0.15, -0.1) is 10.2 Å². The quantitative estimate of drug-likeness (QED) is 0.867. The van der Waals surface area contributed by atoms with Crippen molar-refractivity contribution in [3.63, 3.8) is 0 Å². The van der Waals surface area contributed by atoms with Crippen LogP contribution in [-0.4, -0.2) is 25.8 Å². The molecule has 1 aromatic rings. The van der Waals surface area contributed by atoms with E-state index in [9.17, 15) is 9.90 Å². The van der Waals surface area contributed by atoms with Crippen molar-refractivity contribution in [2.24, 2.45) is 0 Å². The molecule has 92 valence electrons. The summed E-state index contributed by atoms with van der Waals surface area (Å²) in [7, 11) is 0. The Hall–Kier alpha value is -1.39. The predicted octanol–water partition coefficient (Wildman–Crippen LogP) is 1.82. The van der Waals surface area contributed by atoms with Gasteiger partial charge in [-0.3, -0.25) is 4.57 Å². The van der Waals surface area contributed by atoms with Gasteiger partial charge in [-0.25, -0.2) is 4.79 Å². The van der Waals surface area contributed by atoms with E-state index < -0.39 is 11.5 Å². The molecule has 2 aliphatic carbocycles. The van der Waals surface area contributed by atoms with Crippen LogP contribution in [0.4, 0.5) is 0 Å². The lowest BCUT2D eigenvalue weighted by atomic mass is 9.75. The number of carbonyl (C=O) groups is 1. The molecular formula is C12H17N3O2. The number of aromatic nitrogens is 3. The van der Waals surface area contributed by atoms with Crippen LogP contribution in [0.3, 0.4) is 0 Å². The third kappa shape index (κ3) is 1.34. The first-order valence-electron chi connectivity index (χ1n) is 6.31. The lowest BCUT2D eigenvalue weighted by molar-refractivity contribution is -0.152. The van der Waals surface area contributed by atoms with Crippen molar-refractivity contribution in [3.05, 3.63) is 11.6 Å². The van der Waals surface area contributed by atoms with Crippen molar-refractivity contribution < 1.29 is 9.90 Å². The monoisotopic (exact) mass is 235 g/mol. The van der Waals surface area contributed by atoms with Crippen molar-refractivity contribution in [1.82, 2.24) is 14.8 Å². The third-order valence-corrected chi connectivity index (χ3v) is 4.33. The molecule has 1 N–H and O–H groups in total. The number of rotatable bonds is 3. The molecule has 3 rings (SSSR count). The van der Waals surface area contributed by atoms with Crippen LogP contribution in [0.5, 0.6) is 0 Å². The van der Waals surface area contributed by atoms with E-state index in [1.165, 1.54) is 6.42 Å². The van der Waals surface area contributed by atoms with Crippen LogP contribution < -0.4 is 0 Å². The third-order valence-electron chi connectivity index (χ3n) is 4.33. The maximum Gasteiger partial charge on any atom is 0.329 e. The number of hydrogen-bond acceptors (Lipinski definition) is 3. The molecular weight excluding hydrogens is 218 g/mol. The Morgan fingerprint density at radius 3 is 2.47 bits per heavy atom. The molecule has 17 heavy (non-hydrogen) atoms. The van der Waals surface area contributed by atoms with E-state index in [4.69, 9.17) is 0 Å². The number of hydrogen-bond donors (Lipinski definition) is 1. The van der Waals surface area contributed by atoms with E-state index in [1.807, 2.05) is 11.5 Å². The normalized spacial score (nSPS) is 22.9. The van der Waals surface area contributed by atoms with Gasteiger partial charge in [0.15, 0.2) is 0 Å². The van der Waals surface area contributed by atoms with Crippen molar-refractivity contribution in [2.75, 3.05) is 0 Å². The Kier molecular flexibility index (Phi) is 2.24. The topological polar surface area (TPSA) is 68.0 Å². The summed E-state index contributed by atoms with van der Waals surface area (Å²) in [6.45, 7) is 1.86. The first kappa shape index (κ1) is 10.7. The van der Waals surface area contributed by atoms with Crippen molar-refractivity contribution in [2.45, 2.75) is 56.9 Å². The standard InChI is InChI=1S/C12H17N3O2/c1-8-13-14-10(9-4-2-5-9)15(8)12(11(16)17)6-3-7-12/h9H,2-7H2,1H3,(H,16,17). The highest BCUT2D eigenvalue weighted by molar-refractivity contribution is 5.78. The van der Waals surface area contributed by atoms with E-state index in [1.54, 1.807) is 0 Å². The fourth-order valence-corrected chi connectivity index (χ4v) is 2.88. The molecule has 5 heteroatoms. The van der Waals surface area contributed by atoms with Crippen LogP contribution in [0.25, 0.3) is 0 Å². The van der Waals surface area contributed by atoms with E-state index in [-0.39, 0.29) is 0 Å². The van der Waals surface area contributed by atoms with Gasteiger partial charge in [-0.2, -0.15) is 0 Å². The molecule has 5 nitrogen and oxygen atoms in total. The molecule has 0 saturated heterocycles. The van der Waals surface area contributed by atoms with Gasteiger partial charge in [-0.05, 0) is 39.0 Å². The first-order valence-corrected chi connectivity index (χ1v) is 6.31. The van der Waals surface area contributed by atoms with Crippen LogP contribution >= 0.6 is 0 Å². The van der Waals surface area contributed by atoms with Crippen molar-refractivity contribution >= 4 is 5.97 Å². The fraction of sp³-hybridized carbons (Fsp3) is 0.750. The zero-order valence-electron chi connectivity index (χ0n) is 10.0. The maximum absolute atomic E-state index is 11.6. The summed E-state index contributed by atoms with van der Waals surface area (Å²) in [6.07, 6.45) is 5.86. The maximum atomic E-state index is 11.6. The minimum absolute atomic E-state index is 0.424. The average molecular weight is 235 g/mol. The molecule has 0 unspecified atom stereocenters. The van der Waals surface area contributed by atoms with Gasteiger partial charge in [0, 0.05) is 5.92 Å². The zero-order valence-corrected chi connectivity index (χ0v) is 10.0. The Morgan fingerprint density at radius 2 is 2.06 bits per heavy atom. The largest absolute Gasteiger partial charge is 0.479 e. The van der Waals surface area contributed by atoms with Gasteiger partial charge >= 0.3 is 5.97 Å². The van der Waals surface area contributed by atoms with Crippen LogP contribution in [0.1, 0.15) is 56.1 Å². The minimum atomic E-state index is -0.751. The molecule has 0 atom stereocenters. The Balaban J connectivity index is 2.06. The molecule has 1 aromatic heterocycles. The molecule has 2 saturated carbocycles. The first-order chi connectivity index (χ1) is 8.15. The summed E-state index contributed by atoms with van der Waals surface area (Å²) in [5, 5.41) is 17.8. The smallest absolute Gasteiger partial charge is 0.329 e. The van der Waals surface area contributed by atoms with Gasteiger partial charge in [0.05, 0.1) is 0 Å². The zero-order chi connectivity index (χ0) is 12.0. The van der Waals surface area contributed by atoms with Crippen molar-refractivity contribution in [3.8, 4) is 0 Å². The van der Waals surface area contributed by atoms with Gasteiger partial charge in [0.1, 0.15) is 17.2 Å². The Bertz CT molecular complexity index is 458. The number of nitrogens with zero attached hydrogens (tertiary/aromatic N) is 3. The van der Waals surface area contributed by atoms with Gasteiger partial charge < -0.3 is 5.11 Å². The second-order valence-electron chi connectivity index (χ2n) is 5.26. The summed E-state index contributed by atoms with van der Waals surface area (Å²) in [4.78, 5) is 11.6. The second kappa shape index (κ2) is 3.55. The van der Waals surface area contributed by atoms with Gasteiger partial charge in [0.2, 0.25) is 0 Å². The molecule has 0 aromatic carbocycles. The predicted molar refractivity (Wildman–Crippen MR) is 60.8 cm³/mol. The van der Waals surface area contributed by atoms with Crippen LogP contribution in [0.2, 0.25) is 0 Å².